The van der Waals surface area contributed by atoms with E-state index in [1.54, 1.807) is 38.1 Å². The predicted molar refractivity (Wildman–Crippen MR) is 60.2 cm³/mol. The predicted octanol–water partition coefficient (Wildman–Crippen LogP) is 2.38. The Morgan fingerprint density at radius 2 is 1.75 bits per heavy atom. The zero-order chi connectivity index (χ0) is 11.9. The van der Waals surface area contributed by atoms with Crippen molar-refractivity contribution in [1.29, 1.82) is 0 Å². The first-order valence-electron chi connectivity index (χ1n) is 5.04. The second-order valence-electron chi connectivity index (χ2n) is 4.46. The fourth-order valence-corrected chi connectivity index (χ4v) is 1.94. The molecule has 0 saturated heterocycles. The Morgan fingerprint density at radius 3 is 2.31 bits per heavy atom. The molecule has 0 radical (unpaired) electrons. The number of hydrogen-bond donors (Lipinski definition) is 1. The van der Waals surface area contributed by atoms with Crippen LogP contribution in [0.4, 0.5) is 0 Å². The first kappa shape index (κ1) is 10.6. The van der Waals surface area contributed by atoms with E-state index in [0.717, 1.165) is 0 Å². The molecule has 16 heavy (non-hydrogen) atoms. The molecule has 0 amide bonds. The lowest BCUT2D eigenvalue weighted by Gasteiger charge is -2.26. The summed E-state index contributed by atoms with van der Waals surface area (Å²) < 4.78 is 0. The number of Topliss-reactive ketones (excluding diaryl/α,β-unsaturated/α-hetero) is 1. The Kier molecular flexibility index (Phi) is 2.19. The SMILES string of the molecule is CC1(C)C=C(C(=O)O)c2ccccc2C1=O. The summed E-state index contributed by atoms with van der Waals surface area (Å²) in [4.78, 5) is 23.2. The van der Waals surface area contributed by atoms with Gasteiger partial charge in [-0.15, -0.1) is 0 Å². The number of rotatable bonds is 1. The van der Waals surface area contributed by atoms with Crippen molar-refractivity contribution in [3.63, 3.8) is 0 Å². The van der Waals surface area contributed by atoms with Gasteiger partial charge >= 0.3 is 5.97 Å². The van der Waals surface area contributed by atoms with Crippen LogP contribution in [0.25, 0.3) is 5.57 Å². The van der Waals surface area contributed by atoms with Gasteiger partial charge in [-0.3, -0.25) is 4.79 Å². The summed E-state index contributed by atoms with van der Waals surface area (Å²) in [6, 6.07) is 6.83. The maximum absolute atomic E-state index is 12.1. The van der Waals surface area contributed by atoms with Crippen molar-refractivity contribution >= 4 is 17.3 Å². The van der Waals surface area contributed by atoms with Crippen LogP contribution in [0.3, 0.4) is 0 Å². The second kappa shape index (κ2) is 3.30. The molecule has 0 unspecified atom stereocenters. The summed E-state index contributed by atoms with van der Waals surface area (Å²) in [7, 11) is 0. The lowest BCUT2D eigenvalue weighted by atomic mass is 9.75. The number of fused-ring (bicyclic) bond motifs is 1. The van der Waals surface area contributed by atoms with Gasteiger partial charge in [-0.2, -0.15) is 0 Å². The van der Waals surface area contributed by atoms with Crippen LogP contribution in [0.5, 0.6) is 0 Å². The molecule has 3 nitrogen and oxygen atoms in total. The minimum atomic E-state index is -0.993. The number of aliphatic carboxylic acids is 1. The summed E-state index contributed by atoms with van der Waals surface area (Å²) in [5.41, 5.74) is 0.467. The number of carboxylic acids is 1. The summed E-state index contributed by atoms with van der Waals surface area (Å²) in [6.07, 6.45) is 1.53. The highest BCUT2D eigenvalue weighted by molar-refractivity contribution is 6.22. The molecule has 0 bridgehead atoms. The van der Waals surface area contributed by atoms with Gasteiger partial charge in [0.1, 0.15) is 0 Å². The molecule has 1 aliphatic carbocycles. The quantitative estimate of drug-likeness (QED) is 0.784. The maximum Gasteiger partial charge on any atom is 0.336 e. The number of allylic oxidation sites excluding steroid dienone is 1. The van der Waals surface area contributed by atoms with Crippen molar-refractivity contribution in [3.8, 4) is 0 Å². The van der Waals surface area contributed by atoms with Gasteiger partial charge in [0.05, 0.1) is 5.57 Å². The second-order valence-corrected chi connectivity index (χ2v) is 4.46. The van der Waals surface area contributed by atoms with E-state index < -0.39 is 11.4 Å². The largest absolute Gasteiger partial charge is 0.478 e. The van der Waals surface area contributed by atoms with Crippen LogP contribution in [0.15, 0.2) is 30.3 Å². The highest BCUT2D eigenvalue weighted by atomic mass is 16.4. The molecule has 82 valence electrons. The standard InChI is InChI=1S/C13H12O3/c1-13(2)7-10(12(15)16)8-5-3-4-6-9(8)11(13)14/h3-7H,1-2H3,(H,15,16). The molecule has 3 heteroatoms. The third-order valence-electron chi connectivity index (χ3n) is 2.78. The average molecular weight is 216 g/mol. The maximum atomic E-state index is 12.1. The van der Waals surface area contributed by atoms with Gasteiger partial charge in [0, 0.05) is 11.0 Å². The van der Waals surface area contributed by atoms with E-state index in [2.05, 4.69) is 0 Å². The molecule has 0 saturated carbocycles. The molecule has 0 heterocycles. The van der Waals surface area contributed by atoms with Gasteiger partial charge in [-0.1, -0.05) is 30.3 Å². The van der Waals surface area contributed by atoms with E-state index in [9.17, 15) is 9.59 Å². The lowest BCUT2D eigenvalue weighted by Crippen LogP contribution is -2.28. The molecule has 1 aromatic rings. The number of carbonyl (C=O) groups is 2. The fourth-order valence-electron chi connectivity index (χ4n) is 1.94. The Hall–Kier alpha value is -1.90. The lowest BCUT2D eigenvalue weighted by molar-refractivity contribution is -0.130. The fraction of sp³-hybridized carbons (Fsp3) is 0.231. The molecule has 1 aliphatic rings. The normalized spacial score (nSPS) is 17.6. The molecular weight excluding hydrogens is 204 g/mol. The van der Waals surface area contributed by atoms with Gasteiger partial charge < -0.3 is 5.11 Å². The van der Waals surface area contributed by atoms with Crippen molar-refractivity contribution in [2.24, 2.45) is 5.41 Å². The summed E-state index contributed by atoms with van der Waals surface area (Å²) in [5, 5.41) is 9.12. The number of carboxylic acid groups (broad SMARTS) is 1. The third-order valence-corrected chi connectivity index (χ3v) is 2.78. The van der Waals surface area contributed by atoms with Crippen molar-refractivity contribution in [3.05, 3.63) is 41.5 Å². The van der Waals surface area contributed by atoms with Crippen molar-refractivity contribution in [2.45, 2.75) is 13.8 Å². The van der Waals surface area contributed by atoms with Crippen LogP contribution in [0, 0.1) is 5.41 Å². The Morgan fingerprint density at radius 1 is 1.19 bits per heavy atom. The Bertz CT molecular complexity index is 510. The molecule has 2 rings (SSSR count). The van der Waals surface area contributed by atoms with E-state index >= 15 is 0 Å². The topological polar surface area (TPSA) is 54.4 Å². The van der Waals surface area contributed by atoms with Gasteiger partial charge in [0.2, 0.25) is 0 Å². The van der Waals surface area contributed by atoms with Crippen LogP contribution >= 0.6 is 0 Å². The first-order chi connectivity index (χ1) is 7.43. The summed E-state index contributed by atoms with van der Waals surface area (Å²) >= 11 is 0. The number of hydrogen-bond acceptors (Lipinski definition) is 2. The van der Waals surface area contributed by atoms with Gasteiger partial charge in [-0.25, -0.2) is 4.79 Å². The van der Waals surface area contributed by atoms with Crippen LogP contribution < -0.4 is 0 Å². The molecular formula is C13H12O3. The molecule has 1 aromatic carbocycles. The van der Waals surface area contributed by atoms with E-state index in [0.29, 0.717) is 11.1 Å². The van der Waals surface area contributed by atoms with E-state index in [1.165, 1.54) is 6.08 Å². The van der Waals surface area contributed by atoms with Crippen molar-refractivity contribution < 1.29 is 14.7 Å². The third kappa shape index (κ3) is 1.45. The minimum absolute atomic E-state index is 0.0342. The van der Waals surface area contributed by atoms with Crippen molar-refractivity contribution in [1.82, 2.24) is 0 Å². The Balaban J connectivity index is 2.72. The number of ketones is 1. The molecule has 1 N–H and O–H groups in total. The zero-order valence-electron chi connectivity index (χ0n) is 9.15. The van der Waals surface area contributed by atoms with Crippen LogP contribution in [-0.2, 0) is 4.79 Å². The average Bonchev–Trinajstić information content (AvgIpc) is 2.23. The van der Waals surface area contributed by atoms with E-state index in [-0.39, 0.29) is 11.4 Å². The molecule has 0 aromatic heterocycles. The van der Waals surface area contributed by atoms with Gasteiger partial charge in [0.15, 0.2) is 5.78 Å². The monoisotopic (exact) mass is 216 g/mol. The summed E-state index contributed by atoms with van der Waals surface area (Å²) in [5.74, 6) is -1.03. The molecule has 0 atom stereocenters. The van der Waals surface area contributed by atoms with E-state index in [4.69, 9.17) is 5.11 Å². The zero-order valence-corrected chi connectivity index (χ0v) is 9.15. The number of carbonyl (C=O) groups excluding carboxylic acids is 1. The molecule has 0 aliphatic heterocycles. The van der Waals surface area contributed by atoms with Crippen molar-refractivity contribution in [2.75, 3.05) is 0 Å². The summed E-state index contributed by atoms with van der Waals surface area (Å²) in [6.45, 7) is 3.46. The highest BCUT2D eigenvalue weighted by Crippen LogP contribution is 2.36. The van der Waals surface area contributed by atoms with Crippen LogP contribution in [0.2, 0.25) is 0 Å². The van der Waals surface area contributed by atoms with Crippen LogP contribution in [-0.4, -0.2) is 16.9 Å². The smallest absolute Gasteiger partial charge is 0.336 e. The van der Waals surface area contributed by atoms with Crippen LogP contribution in [0.1, 0.15) is 29.8 Å². The Labute approximate surface area is 93.4 Å². The first-order valence-corrected chi connectivity index (χ1v) is 5.04. The van der Waals surface area contributed by atoms with Gasteiger partial charge in [0.25, 0.3) is 0 Å². The van der Waals surface area contributed by atoms with Gasteiger partial charge in [-0.05, 0) is 19.4 Å². The molecule has 0 spiro atoms. The van der Waals surface area contributed by atoms with E-state index in [1.807, 2.05) is 0 Å². The molecule has 0 fully saturated rings. The minimum Gasteiger partial charge on any atom is -0.478 e. The number of benzene rings is 1. The highest BCUT2D eigenvalue weighted by Gasteiger charge is 2.35.